The van der Waals surface area contributed by atoms with Crippen molar-refractivity contribution in [3.63, 3.8) is 0 Å². The maximum Gasteiger partial charge on any atom is 0.256 e. The van der Waals surface area contributed by atoms with Gasteiger partial charge in [0.15, 0.2) is 5.65 Å². The van der Waals surface area contributed by atoms with Crippen molar-refractivity contribution in [3.8, 4) is 17.0 Å². The molecule has 0 fully saturated rings. The van der Waals surface area contributed by atoms with Crippen LogP contribution in [0, 0.1) is 0 Å². The lowest BCUT2D eigenvalue weighted by Crippen LogP contribution is -2.13. The van der Waals surface area contributed by atoms with Crippen molar-refractivity contribution in [2.45, 2.75) is 0 Å². The number of nitrogens with one attached hydrogen (secondary N) is 1. The Morgan fingerprint density at radius 2 is 1.81 bits per heavy atom. The van der Waals surface area contributed by atoms with Crippen molar-refractivity contribution in [1.82, 2.24) is 14.8 Å². The third kappa shape index (κ3) is 3.25. The standard InChI is InChI=1S/C21H18N4O2/c1-25-20-18(13-22-25)17(21(26)23-15-6-4-3-5-7-15)12-19(24-20)14-8-10-16(27-2)11-9-14/h3-13H,1-2H3,(H,23,26). The van der Waals surface area contributed by atoms with Crippen molar-refractivity contribution in [3.05, 3.63) is 72.4 Å². The van der Waals surface area contributed by atoms with Crippen LogP contribution in [0.3, 0.4) is 0 Å². The molecule has 0 saturated carbocycles. The van der Waals surface area contributed by atoms with Crippen molar-refractivity contribution in [1.29, 1.82) is 0 Å². The van der Waals surface area contributed by atoms with Crippen LogP contribution in [0.25, 0.3) is 22.3 Å². The first kappa shape index (κ1) is 16.8. The molecular weight excluding hydrogens is 340 g/mol. The summed E-state index contributed by atoms with van der Waals surface area (Å²) in [5, 5.41) is 7.91. The average molecular weight is 358 g/mol. The highest BCUT2D eigenvalue weighted by Gasteiger charge is 2.17. The fourth-order valence-electron chi connectivity index (χ4n) is 2.93. The average Bonchev–Trinajstić information content (AvgIpc) is 3.09. The van der Waals surface area contributed by atoms with Gasteiger partial charge in [0, 0.05) is 18.3 Å². The molecule has 0 radical (unpaired) electrons. The highest BCUT2D eigenvalue weighted by Crippen LogP contribution is 2.26. The van der Waals surface area contributed by atoms with E-state index in [9.17, 15) is 4.79 Å². The molecule has 0 saturated heterocycles. The summed E-state index contributed by atoms with van der Waals surface area (Å²) in [6.45, 7) is 0. The molecule has 6 nitrogen and oxygen atoms in total. The second-order valence-electron chi connectivity index (χ2n) is 6.11. The Kier molecular flexibility index (Phi) is 4.30. The number of aryl methyl sites for hydroxylation is 1. The summed E-state index contributed by atoms with van der Waals surface area (Å²) < 4.78 is 6.88. The number of rotatable bonds is 4. The molecule has 2 heterocycles. The lowest BCUT2D eigenvalue weighted by molar-refractivity contribution is 0.102. The minimum Gasteiger partial charge on any atom is -0.497 e. The number of methoxy groups -OCH3 is 1. The van der Waals surface area contributed by atoms with Crippen molar-refractivity contribution < 1.29 is 9.53 Å². The normalized spacial score (nSPS) is 10.7. The number of fused-ring (bicyclic) bond motifs is 1. The third-order valence-corrected chi connectivity index (χ3v) is 4.37. The largest absolute Gasteiger partial charge is 0.497 e. The number of nitrogens with zero attached hydrogens (tertiary/aromatic N) is 3. The number of para-hydroxylation sites is 1. The van der Waals surface area contributed by atoms with Gasteiger partial charge in [-0.3, -0.25) is 9.48 Å². The van der Waals surface area contributed by atoms with Crippen molar-refractivity contribution in [2.75, 3.05) is 12.4 Å². The number of ether oxygens (including phenoxy) is 1. The van der Waals surface area contributed by atoms with Gasteiger partial charge in [-0.1, -0.05) is 18.2 Å². The summed E-state index contributed by atoms with van der Waals surface area (Å²) in [7, 11) is 3.44. The number of hydrogen-bond donors (Lipinski definition) is 1. The Bertz CT molecular complexity index is 1100. The number of amides is 1. The van der Waals surface area contributed by atoms with Crippen LogP contribution >= 0.6 is 0 Å². The fourth-order valence-corrected chi connectivity index (χ4v) is 2.93. The number of carbonyl (C=O) groups is 1. The Morgan fingerprint density at radius 1 is 1.07 bits per heavy atom. The van der Waals surface area contributed by atoms with Crippen LogP contribution < -0.4 is 10.1 Å². The predicted molar refractivity (Wildman–Crippen MR) is 105 cm³/mol. The van der Waals surface area contributed by atoms with E-state index in [0.717, 1.165) is 17.0 Å². The molecule has 6 heteroatoms. The number of carbonyl (C=O) groups excluding carboxylic acids is 1. The fraction of sp³-hybridized carbons (Fsp3) is 0.0952. The molecule has 0 bridgehead atoms. The smallest absolute Gasteiger partial charge is 0.256 e. The van der Waals surface area contributed by atoms with Gasteiger partial charge in [-0.15, -0.1) is 0 Å². The molecule has 0 aliphatic carbocycles. The lowest BCUT2D eigenvalue weighted by atomic mass is 10.1. The molecule has 0 aliphatic heterocycles. The van der Waals surface area contributed by atoms with E-state index in [4.69, 9.17) is 9.72 Å². The Morgan fingerprint density at radius 3 is 2.52 bits per heavy atom. The van der Waals surface area contributed by atoms with Crippen LogP contribution in [-0.2, 0) is 7.05 Å². The molecule has 0 aliphatic rings. The third-order valence-electron chi connectivity index (χ3n) is 4.37. The SMILES string of the molecule is COc1ccc(-c2cc(C(=O)Nc3ccccc3)c3cnn(C)c3n2)cc1. The summed E-state index contributed by atoms with van der Waals surface area (Å²) >= 11 is 0. The lowest BCUT2D eigenvalue weighted by Gasteiger charge is -2.09. The summed E-state index contributed by atoms with van der Waals surface area (Å²) in [4.78, 5) is 17.6. The van der Waals surface area contributed by atoms with E-state index in [1.165, 1.54) is 0 Å². The number of hydrogen-bond acceptors (Lipinski definition) is 4. The Labute approximate surface area is 156 Å². The quantitative estimate of drug-likeness (QED) is 0.601. The minimum absolute atomic E-state index is 0.198. The zero-order chi connectivity index (χ0) is 18.8. The summed E-state index contributed by atoms with van der Waals surface area (Å²) in [5.74, 6) is 0.568. The maximum atomic E-state index is 12.9. The van der Waals surface area contributed by atoms with Gasteiger partial charge >= 0.3 is 0 Å². The van der Waals surface area contributed by atoms with Gasteiger partial charge in [-0.25, -0.2) is 4.98 Å². The molecule has 1 N–H and O–H groups in total. The second kappa shape index (κ2) is 6.92. The monoisotopic (exact) mass is 358 g/mol. The van der Waals surface area contributed by atoms with Crippen LogP contribution in [0.5, 0.6) is 5.75 Å². The van der Waals surface area contributed by atoms with Gasteiger partial charge in [0.2, 0.25) is 0 Å². The van der Waals surface area contributed by atoms with Gasteiger partial charge in [-0.2, -0.15) is 5.10 Å². The van der Waals surface area contributed by atoms with Gasteiger partial charge < -0.3 is 10.1 Å². The highest BCUT2D eigenvalue weighted by atomic mass is 16.5. The van der Waals surface area contributed by atoms with Gasteiger partial charge in [0.05, 0.1) is 30.0 Å². The summed E-state index contributed by atoms with van der Waals surface area (Å²) in [6.07, 6.45) is 1.67. The number of pyridine rings is 1. The van der Waals surface area contributed by atoms with E-state index in [-0.39, 0.29) is 5.91 Å². The zero-order valence-corrected chi connectivity index (χ0v) is 15.0. The molecule has 4 aromatic rings. The molecule has 2 aromatic heterocycles. The van der Waals surface area contributed by atoms with Crippen LogP contribution in [0.4, 0.5) is 5.69 Å². The molecule has 2 aromatic carbocycles. The van der Waals surface area contributed by atoms with E-state index in [0.29, 0.717) is 22.3 Å². The maximum absolute atomic E-state index is 12.9. The Balaban J connectivity index is 1.80. The summed E-state index contributed by atoms with van der Waals surface area (Å²) in [5.41, 5.74) is 3.52. The molecule has 0 unspecified atom stereocenters. The number of aromatic nitrogens is 3. The minimum atomic E-state index is -0.198. The second-order valence-corrected chi connectivity index (χ2v) is 6.11. The number of anilines is 1. The van der Waals surface area contributed by atoms with Crippen LogP contribution in [0.15, 0.2) is 66.9 Å². The van der Waals surface area contributed by atoms with Crippen LogP contribution in [0.1, 0.15) is 10.4 Å². The highest BCUT2D eigenvalue weighted by molar-refractivity contribution is 6.12. The van der Waals surface area contributed by atoms with Crippen LogP contribution in [-0.4, -0.2) is 27.8 Å². The Hall–Kier alpha value is -3.67. The van der Waals surface area contributed by atoms with Crippen molar-refractivity contribution in [2.24, 2.45) is 7.05 Å². The summed E-state index contributed by atoms with van der Waals surface area (Å²) in [6, 6.07) is 18.7. The van der Waals surface area contributed by atoms with E-state index in [1.807, 2.05) is 61.6 Å². The van der Waals surface area contributed by atoms with Gasteiger partial charge in [-0.05, 0) is 42.5 Å². The molecular formula is C21H18N4O2. The van der Waals surface area contributed by atoms with E-state index >= 15 is 0 Å². The molecule has 4 rings (SSSR count). The predicted octanol–water partition coefficient (Wildman–Crippen LogP) is 3.90. The first-order valence-corrected chi connectivity index (χ1v) is 8.49. The molecule has 1 amide bonds. The number of benzene rings is 2. The topological polar surface area (TPSA) is 69.0 Å². The molecule has 134 valence electrons. The molecule has 27 heavy (non-hydrogen) atoms. The van der Waals surface area contributed by atoms with E-state index < -0.39 is 0 Å². The molecule has 0 atom stereocenters. The van der Waals surface area contributed by atoms with E-state index in [2.05, 4.69) is 10.4 Å². The first-order chi connectivity index (χ1) is 13.2. The van der Waals surface area contributed by atoms with Gasteiger partial charge in [0.25, 0.3) is 5.91 Å². The molecule has 0 spiro atoms. The zero-order valence-electron chi connectivity index (χ0n) is 15.0. The van der Waals surface area contributed by atoms with E-state index in [1.54, 1.807) is 24.1 Å². The van der Waals surface area contributed by atoms with Crippen LogP contribution in [0.2, 0.25) is 0 Å². The van der Waals surface area contributed by atoms with Crippen molar-refractivity contribution >= 4 is 22.6 Å². The van der Waals surface area contributed by atoms with Gasteiger partial charge in [0.1, 0.15) is 5.75 Å². The first-order valence-electron chi connectivity index (χ1n) is 8.49.